The van der Waals surface area contributed by atoms with Crippen molar-refractivity contribution in [2.75, 3.05) is 6.54 Å². The van der Waals surface area contributed by atoms with Crippen LogP contribution in [0.15, 0.2) is 109 Å². The molecule has 226 valence electrons. The van der Waals surface area contributed by atoms with Gasteiger partial charge in [-0.05, 0) is 60.4 Å². The van der Waals surface area contributed by atoms with Gasteiger partial charge in [-0.15, -0.1) is 0 Å². The predicted octanol–water partition coefficient (Wildman–Crippen LogP) is 7.42. The van der Waals surface area contributed by atoms with E-state index in [0.29, 0.717) is 39.3 Å². The van der Waals surface area contributed by atoms with Gasteiger partial charge < -0.3 is 20.3 Å². The summed E-state index contributed by atoms with van der Waals surface area (Å²) < 4.78 is 12.8. The van der Waals surface area contributed by atoms with Crippen molar-refractivity contribution in [2.45, 2.75) is 52.6 Å². The van der Waals surface area contributed by atoms with Crippen molar-refractivity contribution in [1.29, 1.82) is 0 Å². The predicted molar refractivity (Wildman–Crippen MR) is 176 cm³/mol. The van der Waals surface area contributed by atoms with Crippen molar-refractivity contribution >= 4 is 16.7 Å². The Hall–Kier alpha value is -4.65. The fourth-order valence-corrected chi connectivity index (χ4v) is 5.37. The van der Waals surface area contributed by atoms with Crippen LogP contribution in [-0.4, -0.2) is 28.6 Å². The van der Waals surface area contributed by atoms with Gasteiger partial charge in [0.05, 0.1) is 0 Å². The monoisotopic (exact) mass is 588 g/mol. The molecule has 0 aliphatic rings. The Morgan fingerprint density at radius 2 is 1.27 bits per heavy atom. The molecule has 0 saturated carbocycles. The van der Waals surface area contributed by atoms with Gasteiger partial charge in [0.1, 0.15) is 30.8 Å². The first-order valence-corrected chi connectivity index (χ1v) is 15.0. The van der Waals surface area contributed by atoms with Crippen LogP contribution in [0.5, 0.6) is 11.5 Å². The number of hydrogen-bond donors (Lipinski definition) is 2. The van der Waals surface area contributed by atoms with Gasteiger partial charge in [-0.3, -0.25) is 9.69 Å². The van der Waals surface area contributed by atoms with E-state index in [2.05, 4.69) is 85.5 Å². The number of fused-ring (bicyclic) bond motifs is 1. The summed E-state index contributed by atoms with van der Waals surface area (Å²) >= 11 is 0. The minimum Gasteiger partial charge on any atom is -0.489 e. The molecule has 0 bridgehead atoms. The molecule has 0 spiro atoms. The molecule has 5 aromatic rings. The average Bonchev–Trinajstić information content (AvgIpc) is 3.02. The summed E-state index contributed by atoms with van der Waals surface area (Å²) in [4.78, 5) is 13.8. The third-order valence-corrected chi connectivity index (χ3v) is 7.72. The normalized spacial score (nSPS) is 11.9. The van der Waals surface area contributed by atoms with E-state index in [0.717, 1.165) is 44.5 Å². The van der Waals surface area contributed by atoms with Crippen LogP contribution in [0, 0.1) is 13.8 Å². The Balaban J connectivity index is 1.42. The zero-order valence-corrected chi connectivity index (χ0v) is 25.4. The number of aryl methyl sites for hydroxylation is 2. The summed E-state index contributed by atoms with van der Waals surface area (Å²) in [7, 11) is 0. The maximum absolute atomic E-state index is 11.6. The van der Waals surface area contributed by atoms with E-state index >= 15 is 0 Å². The lowest BCUT2D eigenvalue weighted by atomic mass is 10.0. The molecule has 0 fully saturated rings. The van der Waals surface area contributed by atoms with Gasteiger partial charge >= 0.3 is 5.97 Å². The Labute approximate surface area is 259 Å². The van der Waals surface area contributed by atoms with Gasteiger partial charge in [0, 0.05) is 30.8 Å². The number of aliphatic carboxylic acids is 1. The zero-order chi connectivity index (χ0) is 30.9. The number of carbonyl (C=O) groups is 1. The van der Waals surface area contributed by atoms with Crippen molar-refractivity contribution in [3.8, 4) is 11.5 Å². The van der Waals surface area contributed by atoms with Crippen molar-refractivity contribution in [2.24, 2.45) is 5.73 Å². The van der Waals surface area contributed by atoms with Crippen molar-refractivity contribution in [1.82, 2.24) is 4.90 Å². The first-order valence-electron chi connectivity index (χ1n) is 15.0. The molecular formula is C38H40N2O4. The van der Waals surface area contributed by atoms with Gasteiger partial charge in [-0.2, -0.15) is 0 Å². The van der Waals surface area contributed by atoms with Gasteiger partial charge in [0.25, 0.3) is 0 Å². The number of para-hydroxylation sites is 1. The quantitative estimate of drug-likeness (QED) is 0.140. The highest BCUT2D eigenvalue weighted by atomic mass is 16.5. The third kappa shape index (κ3) is 8.47. The molecule has 44 heavy (non-hydrogen) atoms. The van der Waals surface area contributed by atoms with Gasteiger partial charge in [-0.25, -0.2) is 0 Å². The molecule has 6 heteroatoms. The number of carboxylic acids is 1. The van der Waals surface area contributed by atoms with Crippen LogP contribution < -0.4 is 15.2 Å². The van der Waals surface area contributed by atoms with Crippen molar-refractivity contribution < 1.29 is 19.4 Å². The van der Waals surface area contributed by atoms with E-state index in [1.807, 2.05) is 42.5 Å². The highest BCUT2D eigenvalue weighted by Gasteiger charge is 2.18. The number of nitrogens with two attached hydrogens (primary N) is 1. The second-order valence-electron chi connectivity index (χ2n) is 11.4. The van der Waals surface area contributed by atoms with Crippen molar-refractivity contribution in [3.05, 3.63) is 143 Å². The van der Waals surface area contributed by atoms with Crippen LogP contribution in [0.1, 0.15) is 39.8 Å². The summed E-state index contributed by atoms with van der Waals surface area (Å²) in [5.74, 6) is 0.609. The number of rotatable bonds is 14. The first-order chi connectivity index (χ1) is 21.3. The summed E-state index contributed by atoms with van der Waals surface area (Å²) in [6.07, 6.45) is 0.314. The number of nitrogens with zero attached hydrogens (tertiary/aromatic N) is 1. The Kier molecular flexibility index (Phi) is 10.3. The lowest BCUT2D eigenvalue weighted by Crippen LogP contribution is -2.35. The van der Waals surface area contributed by atoms with Crippen LogP contribution in [0.25, 0.3) is 10.8 Å². The van der Waals surface area contributed by atoms with E-state index in [4.69, 9.17) is 15.2 Å². The highest BCUT2D eigenvalue weighted by Crippen LogP contribution is 2.30. The Morgan fingerprint density at radius 1 is 0.705 bits per heavy atom. The fraction of sp³-hybridized carbons (Fsp3) is 0.237. The van der Waals surface area contributed by atoms with Crippen LogP contribution >= 0.6 is 0 Å². The molecule has 6 nitrogen and oxygen atoms in total. The SMILES string of the molecule is Cc1cccc(COc2ccccc2CN(CC[C@H](N)C(=O)O)Cc2cc3ccccc3cc2OCc2cccc(C)c2)c1. The molecule has 0 heterocycles. The number of hydrogen-bond acceptors (Lipinski definition) is 5. The summed E-state index contributed by atoms with van der Waals surface area (Å²) in [5.41, 5.74) is 12.6. The minimum atomic E-state index is -1.00. The van der Waals surface area contributed by atoms with Gasteiger partial charge in [0.15, 0.2) is 0 Å². The van der Waals surface area contributed by atoms with E-state index < -0.39 is 12.0 Å². The molecule has 1 atom stereocenters. The minimum absolute atomic E-state index is 0.314. The molecule has 0 radical (unpaired) electrons. The first kappa shape index (κ1) is 30.8. The van der Waals surface area contributed by atoms with Crippen molar-refractivity contribution in [3.63, 3.8) is 0 Å². The van der Waals surface area contributed by atoms with Gasteiger partial charge in [-0.1, -0.05) is 102 Å². The van der Waals surface area contributed by atoms with Gasteiger partial charge in [0.2, 0.25) is 0 Å². The van der Waals surface area contributed by atoms with E-state index in [1.165, 1.54) is 11.1 Å². The molecule has 0 aliphatic carbocycles. The largest absolute Gasteiger partial charge is 0.489 e. The lowest BCUT2D eigenvalue weighted by molar-refractivity contribution is -0.138. The average molecular weight is 589 g/mol. The molecule has 5 rings (SSSR count). The zero-order valence-electron chi connectivity index (χ0n) is 25.4. The van der Waals surface area contributed by atoms with E-state index in [1.54, 1.807) is 0 Å². The number of carboxylic acid groups (broad SMARTS) is 1. The third-order valence-electron chi connectivity index (χ3n) is 7.72. The second-order valence-corrected chi connectivity index (χ2v) is 11.4. The topological polar surface area (TPSA) is 85.0 Å². The smallest absolute Gasteiger partial charge is 0.320 e. The maximum atomic E-state index is 11.6. The summed E-state index contributed by atoms with van der Waals surface area (Å²) in [6, 6.07) is 36.2. The second kappa shape index (κ2) is 14.7. The van der Waals surface area contributed by atoms with Crippen LogP contribution in [0.2, 0.25) is 0 Å². The van der Waals surface area contributed by atoms with Crippen LogP contribution in [-0.2, 0) is 31.1 Å². The maximum Gasteiger partial charge on any atom is 0.320 e. The highest BCUT2D eigenvalue weighted by molar-refractivity contribution is 5.85. The molecule has 0 amide bonds. The molecule has 0 aromatic heterocycles. The molecule has 0 unspecified atom stereocenters. The molecule has 0 saturated heterocycles. The van der Waals surface area contributed by atoms with E-state index in [9.17, 15) is 9.90 Å². The number of ether oxygens (including phenoxy) is 2. The molecule has 0 aliphatic heterocycles. The number of benzene rings is 5. The molecule has 5 aromatic carbocycles. The fourth-order valence-electron chi connectivity index (χ4n) is 5.37. The Morgan fingerprint density at radius 3 is 1.91 bits per heavy atom. The molecule has 3 N–H and O–H groups in total. The van der Waals surface area contributed by atoms with E-state index in [-0.39, 0.29) is 0 Å². The van der Waals surface area contributed by atoms with Crippen LogP contribution in [0.3, 0.4) is 0 Å². The Bertz CT molecular complexity index is 1720. The lowest BCUT2D eigenvalue weighted by Gasteiger charge is -2.26. The summed E-state index contributed by atoms with van der Waals surface area (Å²) in [6.45, 7) is 6.66. The summed E-state index contributed by atoms with van der Waals surface area (Å²) in [5, 5.41) is 11.7. The van der Waals surface area contributed by atoms with Crippen LogP contribution in [0.4, 0.5) is 0 Å². The standard InChI is InChI=1S/C38H40N2O4/c1-27-9-7-11-29(19-27)25-43-36-16-6-5-15-33(36)23-40(18-17-35(39)38(41)42)24-34-21-31-13-3-4-14-32(31)22-37(34)44-26-30-12-8-10-28(2)20-30/h3-16,19-22,35H,17-18,23-26,39H2,1-2H3,(H,41,42)/t35-/m0/s1. The molecular weight excluding hydrogens is 548 g/mol.